The minimum atomic E-state index is 0.0574. The van der Waals surface area contributed by atoms with Crippen molar-refractivity contribution in [3.8, 4) is 0 Å². The number of oxazole rings is 1. The summed E-state index contributed by atoms with van der Waals surface area (Å²) in [6.07, 6.45) is 2.50. The number of imidazole rings is 1. The largest absolute Gasteiger partial charge is 0.439 e. The van der Waals surface area contributed by atoms with Crippen LogP contribution in [0.1, 0.15) is 23.3 Å². The third-order valence-corrected chi connectivity index (χ3v) is 3.63. The molecule has 19 heavy (non-hydrogen) atoms. The molecule has 0 fully saturated rings. The van der Waals surface area contributed by atoms with E-state index in [-0.39, 0.29) is 6.04 Å². The van der Waals surface area contributed by atoms with E-state index >= 15 is 0 Å². The zero-order valence-corrected chi connectivity index (χ0v) is 10.7. The minimum absolute atomic E-state index is 0.0574. The van der Waals surface area contributed by atoms with E-state index < -0.39 is 0 Å². The minimum Gasteiger partial charge on any atom is -0.439 e. The molecule has 3 heterocycles. The summed E-state index contributed by atoms with van der Waals surface area (Å²) in [5, 5.41) is 4.06. The lowest BCUT2D eigenvalue weighted by Gasteiger charge is -2.19. The van der Waals surface area contributed by atoms with Gasteiger partial charge in [-0.1, -0.05) is 11.6 Å². The van der Waals surface area contributed by atoms with Crippen LogP contribution in [0.3, 0.4) is 0 Å². The molecule has 0 radical (unpaired) electrons. The Bertz CT molecular complexity index is 748. The maximum atomic E-state index is 5.95. The van der Waals surface area contributed by atoms with Crippen molar-refractivity contribution in [3.63, 3.8) is 0 Å². The van der Waals surface area contributed by atoms with Crippen molar-refractivity contribution in [2.75, 3.05) is 0 Å². The van der Waals surface area contributed by atoms with E-state index in [0.717, 1.165) is 35.5 Å². The van der Waals surface area contributed by atoms with Crippen molar-refractivity contribution in [3.05, 3.63) is 46.8 Å². The molecular weight excluding hydrogens is 264 g/mol. The molecule has 2 N–H and O–H groups in total. The van der Waals surface area contributed by atoms with E-state index in [4.69, 9.17) is 16.0 Å². The highest BCUT2D eigenvalue weighted by Gasteiger charge is 2.25. The van der Waals surface area contributed by atoms with Crippen molar-refractivity contribution >= 4 is 22.7 Å². The number of nitrogens with one attached hydrogen (secondary N) is 2. The fourth-order valence-electron chi connectivity index (χ4n) is 2.41. The third kappa shape index (κ3) is 1.82. The van der Waals surface area contributed by atoms with Crippen molar-refractivity contribution in [2.45, 2.75) is 19.0 Å². The Morgan fingerprint density at radius 2 is 2.32 bits per heavy atom. The lowest BCUT2D eigenvalue weighted by Crippen LogP contribution is -2.28. The predicted molar refractivity (Wildman–Crippen MR) is 70.9 cm³/mol. The summed E-state index contributed by atoms with van der Waals surface area (Å²) >= 11 is 5.95. The van der Waals surface area contributed by atoms with Crippen LogP contribution in [0.5, 0.6) is 0 Å². The van der Waals surface area contributed by atoms with Gasteiger partial charge in [-0.05, 0) is 18.2 Å². The van der Waals surface area contributed by atoms with Crippen LogP contribution in [0.25, 0.3) is 11.1 Å². The topological polar surface area (TPSA) is 66.7 Å². The van der Waals surface area contributed by atoms with Gasteiger partial charge in [0.1, 0.15) is 5.52 Å². The van der Waals surface area contributed by atoms with Gasteiger partial charge < -0.3 is 9.40 Å². The number of benzene rings is 1. The zero-order chi connectivity index (χ0) is 12.8. The molecule has 0 saturated carbocycles. The first-order valence-corrected chi connectivity index (χ1v) is 6.48. The number of rotatable bonds is 1. The van der Waals surface area contributed by atoms with Gasteiger partial charge in [0.05, 0.1) is 23.8 Å². The normalized spacial score (nSPS) is 18.7. The number of halogens is 1. The fraction of sp³-hybridized carbons (Fsp3) is 0.231. The highest BCUT2D eigenvalue weighted by Crippen LogP contribution is 2.27. The van der Waals surface area contributed by atoms with Crippen LogP contribution in [-0.4, -0.2) is 15.0 Å². The first-order valence-electron chi connectivity index (χ1n) is 6.10. The van der Waals surface area contributed by atoms with Crippen LogP contribution >= 0.6 is 11.6 Å². The molecule has 0 amide bonds. The molecule has 4 rings (SSSR count). The molecule has 0 saturated heterocycles. The van der Waals surface area contributed by atoms with Gasteiger partial charge >= 0.3 is 0 Å². The summed E-state index contributed by atoms with van der Waals surface area (Å²) in [5.74, 6) is 0.686. The Kier molecular flexibility index (Phi) is 2.36. The zero-order valence-electron chi connectivity index (χ0n) is 9.98. The quantitative estimate of drug-likeness (QED) is 0.716. The fourth-order valence-corrected chi connectivity index (χ4v) is 2.58. The van der Waals surface area contributed by atoms with Gasteiger partial charge in [0.2, 0.25) is 5.89 Å². The maximum absolute atomic E-state index is 5.95. The number of aromatic amines is 1. The molecule has 1 aliphatic heterocycles. The molecule has 2 aromatic heterocycles. The van der Waals surface area contributed by atoms with Crippen LogP contribution in [0, 0.1) is 0 Å². The second-order valence-corrected chi connectivity index (χ2v) is 5.07. The maximum Gasteiger partial charge on any atom is 0.213 e. The molecule has 1 unspecified atom stereocenters. The Balaban J connectivity index is 1.71. The Morgan fingerprint density at radius 1 is 1.37 bits per heavy atom. The van der Waals surface area contributed by atoms with E-state index in [1.165, 1.54) is 0 Å². The second-order valence-electron chi connectivity index (χ2n) is 4.63. The summed E-state index contributed by atoms with van der Waals surface area (Å²) in [6, 6.07) is 5.52. The number of hydrogen-bond acceptors (Lipinski definition) is 4. The van der Waals surface area contributed by atoms with E-state index in [9.17, 15) is 0 Å². The van der Waals surface area contributed by atoms with Crippen LogP contribution in [0.15, 0.2) is 28.9 Å². The Hall–Kier alpha value is -1.85. The Morgan fingerprint density at radius 3 is 3.26 bits per heavy atom. The van der Waals surface area contributed by atoms with Crippen molar-refractivity contribution in [1.29, 1.82) is 0 Å². The number of aromatic nitrogens is 3. The average Bonchev–Trinajstić information content (AvgIpc) is 3.02. The SMILES string of the molecule is Clc1ccc2oc(C3Cc4nc[nH]c4CN3)nc2c1. The van der Waals surface area contributed by atoms with E-state index in [0.29, 0.717) is 10.9 Å². The van der Waals surface area contributed by atoms with E-state index in [2.05, 4.69) is 20.3 Å². The lowest BCUT2D eigenvalue weighted by atomic mass is 10.1. The van der Waals surface area contributed by atoms with Crippen LogP contribution in [0.2, 0.25) is 5.02 Å². The van der Waals surface area contributed by atoms with Gasteiger partial charge in [-0.25, -0.2) is 9.97 Å². The number of H-pyrrole nitrogens is 1. The van der Waals surface area contributed by atoms with Gasteiger partial charge in [0, 0.05) is 18.0 Å². The molecule has 5 nitrogen and oxygen atoms in total. The smallest absolute Gasteiger partial charge is 0.213 e. The number of hydrogen-bond donors (Lipinski definition) is 2. The second kappa shape index (κ2) is 4.08. The standard InChI is InChI=1S/C13H11ClN4O/c14-7-1-2-12-9(3-7)18-13(19-12)10-4-8-11(5-15-10)17-6-16-8/h1-3,6,10,15H,4-5H2,(H,16,17). The van der Waals surface area contributed by atoms with Crippen molar-refractivity contribution < 1.29 is 4.42 Å². The van der Waals surface area contributed by atoms with Gasteiger partial charge in [0.25, 0.3) is 0 Å². The average molecular weight is 275 g/mol. The van der Waals surface area contributed by atoms with Gasteiger partial charge in [-0.3, -0.25) is 5.32 Å². The van der Waals surface area contributed by atoms with E-state index in [1.807, 2.05) is 12.1 Å². The Labute approximate surface area is 114 Å². The number of nitrogens with zero attached hydrogens (tertiary/aromatic N) is 2. The highest BCUT2D eigenvalue weighted by molar-refractivity contribution is 6.31. The molecule has 3 aromatic rings. The molecule has 0 aliphatic carbocycles. The first-order chi connectivity index (χ1) is 9.29. The van der Waals surface area contributed by atoms with E-state index in [1.54, 1.807) is 12.4 Å². The number of fused-ring (bicyclic) bond motifs is 2. The molecule has 96 valence electrons. The first kappa shape index (κ1) is 11.0. The van der Waals surface area contributed by atoms with Gasteiger partial charge in [-0.15, -0.1) is 0 Å². The van der Waals surface area contributed by atoms with Crippen LogP contribution < -0.4 is 5.32 Å². The predicted octanol–water partition coefficient (Wildman–Crippen LogP) is 2.59. The third-order valence-electron chi connectivity index (χ3n) is 3.39. The summed E-state index contributed by atoms with van der Waals surface area (Å²) in [4.78, 5) is 11.9. The van der Waals surface area contributed by atoms with Gasteiger partial charge in [0.15, 0.2) is 5.58 Å². The summed E-state index contributed by atoms with van der Waals surface area (Å²) in [5.41, 5.74) is 3.76. The van der Waals surface area contributed by atoms with Gasteiger partial charge in [-0.2, -0.15) is 0 Å². The summed E-state index contributed by atoms with van der Waals surface area (Å²) < 4.78 is 5.78. The molecular formula is C13H11ClN4O. The van der Waals surface area contributed by atoms with Crippen LogP contribution in [0.4, 0.5) is 0 Å². The van der Waals surface area contributed by atoms with Crippen molar-refractivity contribution in [1.82, 2.24) is 20.3 Å². The molecule has 0 spiro atoms. The molecule has 1 atom stereocenters. The lowest BCUT2D eigenvalue weighted by molar-refractivity contribution is 0.391. The van der Waals surface area contributed by atoms with Crippen molar-refractivity contribution in [2.24, 2.45) is 0 Å². The monoisotopic (exact) mass is 274 g/mol. The van der Waals surface area contributed by atoms with Crippen LogP contribution in [-0.2, 0) is 13.0 Å². The molecule has 1 aliphatic rings. The molecule has 0 bridgehead atoms. The summed E-state index contributed by atoms with van der Waals surface area (Å²) in [6.45, 7) is 0.749. The highest BCUT2D eigenvalue weighted by atomic mass is 35.5. The molecule has 6 heteroatoms. The summed E-state index contributed by atoms with van der Waals surface area (Å²) in [7, 11) is 0. The molecule has 1 aromatic carbocycles.